The van der Waals surface area contributed by atoms with E-state index in [0.29, 0.717) is 19.6 Å². The van der Waals surface area contributed by atoms with Gasteiger partial charge in [-0.05, 0) is 48.7 Å². The average Bonchev–Trinajstić information content (AvgIpc) is 2.52. The minimum atomic E-state index is -0.273. The fourth-order valence-electron chi connectivity index (χ4n) is 2.25. The number of nitrogens with zero attached hydrogens (tertiary/aromatic N) is 1. The fraction of sp³-hybridized carbons (Fsp3) is 0.316. The highest BCUT2D eigenvalue weighted by atomic mass is 19.1. The second-order valence-electron chi connectivity index (χ2n) is 5.74. The van der Waals surface area contributed by atoms with Gasteiger partial charge in [0.05, 0.1) is 13.0 Å². The molecular formula is C19H22FNO2. The smallest absolute Gasteiger partial charge is 0.226 e. The van der Waals surface area contributed by atoms with Crippen LogP contribution >= 0.6 is 0 Å². The molecule has 1 amide bonds. The standard InChI is InChI=1S/C19H22FNO2/c1-14-4-5-15(2)18(12-14)23-11-10-19(22)21(3)13-16-6-8-17(20)9-7-16/h4-9,12H,10-11,13H2,1-3H3. The van der Waals surface area contributed by atoms with Crippen molar-refractivity contribution in [3.63, 3.8) is 0 Å². The first-order valence-electron chi connectivity index (χ1n) is 7.64. The van der Waals surface area contributed by atoms with Gasteiger partial charge >= 0.3 is 0 Å². The lowest BCUT2D eigenvalue weighted by atomic mass is 10.1. The number of carbonyl (C=O) groups excluding carboxylic acids is 1. The molecule has 0 atom stereocenters. The van der Waals surface area contributed by atoms with Crippen molar-refractivity contribution < 1.29 is 13.9 Å². The van der Waals surface area contributed by atoms with Gasteiger partial charge in [0, 0.05) is 13.6 Å². The Kier molecular flexibility index (Phi) is 5.74. The summed E-state index contributed by atoms with van der Waals surface area (Å²) in [7, 11) is 1.74. The minimum Gasteiger partial charge on any atom is -0.493 e. The lowest BCUT2D eigenvalue weighted by molar-refractivity contribution is -0.130. The number of rotatable bonds is 6. The monoisotopic (exact) mass is 315 g/mol. The molecular weight excluding hydrogens is 293 g/mol. The highest BCUT2D eigenvalue weighted by Gasteiger charge is 2.10. The second kappa shape index (κ2) is 7.77. The van der Waals surface area contributed by atoms with E-state index < -0.39 is 0 Å². The maximum Gasteiger partial charge on any atom is 0.226 e. The first kappa shape index (κ1) is 17.0. The van der Waals surface area contributed by atoms with E-state index in [2.05, 4.69) is 0 Å². The van der Waals surface area contributed by atoms with Gasteiger partial charge in [-0.15, -0.1) is 0 Å². The molecule has 3 nitrogen and oxygen atoms in total. The van der Waals surface area contributed by atoms with Gasteiger partial charge < -0.3 is 9.64 Å². The molecule has 0 saturated heterocycles. The van der Waals surface area contributed by atoms with Crippen LogP contribution in [0.2, 0.25) is 0 Å². The van der Waals surface area contributed by atoms with Crippen LogP contribution in [0.4, 0.5) is 4.39 Å². The van der Waals surface area contributed by atoms with E-state index in [9.17, 15) is 9.18 Å². The zero-order valence-electron chi connectivity index (χ0n) is 13.8. The summed E-state index contributed by atoms with van der Waals surface area (Å²) in [6, 6.07) is 12.2. The Balaban J connectivity index is 1.82. The van der Waals surface area contributed by atoms with Crippen LogP contribution in [0.15, 0.2) is 42.5 Å². The van der Waals surface area contributed by atoms with E-state index in [-0.39, 0.29) is 11.7 Å². The third-order valence-electron chi connectivity index (χ3n) is 3.68. The van der Waals surface area contributed by atoms with Crippen molar-refractivity contribution in [2.45, 2.75) is 26.8 Å². The van der Waals surface area contributed by atoms with Gasteiger partial charge in [0.2, 0.25) is 5.91 Å². The first-order valence-corrected chi connectivity index (χ1v) is 7.64. The van der Waals surface area contributed by atoms with E-state index in [0.717, 1.165) is 22.4 Å². The molecule has 0 N–H and O–H groups in total. The van der Waals surface area contributed by atoms with E-state index in [1.165, 1.54) is 12.1 Å². The highest BCUT2D eigenvalue weighted by Crippen LogP contribution is 2.19. The summed E-state index contributed by atoms with van der Waals surface area (Å²) in [5, 5.41) is 0. The predicted octanol–water partition coefficient (Wildman–Crippen LogP) is 3.87. The van der Waals surface area contributed by atoms with Crippen molar-refractivity contribution in [3.05, 3.63) is 65.0 Å². The van der Waals surface area contributed by atoms with Crippen LogP contribution in [0.25, 0.3) is 0 Å². The zero-order chi connectivity index (χ0) is 16.8. The number of ether oxygens (including phenoxy) is 1. The highest BCUT2D eigenvalue weighted by molar-refractivity contribution is 5.76. The molecule has 122 valence electrons. The van der Waals surface area contributed by atoms with E-state index in [4.69, 9.17) is 4.74 Å². The van der Waals surface area contributed by atoms with Crippen molar-refractivity contribution in [2.24, 2.45) is 0 Å². The Morgan fingerprint density at radius 1 is 1.13 bits per heavy atom. The molecule has 0 unspecified atom stereocenters. The second-order valence-corrected chi connectivity index (χ2v) is 5.74. The summed E-state index contributed by atoms with van der Waals surface area (Å²) in [5.41, 5.74) is 3.09. The third-order valence-corrected chi connectivity index (χ3v) is 3.68. The Morgan fingerprint density at radius 2 is 1.83 bits per heavy atom. The Bertz CT molecular complexity index is 668. The lowest BCUT2D eigenvalue weighted by Crippen LogP contribution is -2.27. The average molecular weight is 315 g/mol. The van der Waals surface area contributed by atoms with Crippen LogP contribution in [-0.2, 0) is 11.3 Å². The Morgan fingerprint density at radius 3 is 2.52 bits per heavy atom. The molecule has 0 heterocycles. The molecule has 0 saturated carbocycles. The van der Waals surface area contributed by atoms with Gasteiger partial charge in [-0.3, -0.25) is 4.79 Å². The van der Waals surface area contributed by atoms with Gasteiger partial charge in [-0.1, -0.05) is 24.3 Å². The summed E-state index contributed by atoms with van der Waals surface area (Å²) < 4.78 is 18.6. The molecule has 0 bridgehead atoms. The summed E-state index contributed by atoms with van der Waals surface area (Å²) in [4.78, 5) is 13.8. The number of benzene rings is 2. The van der Waals surface area contributed by atoms with Gasteiger partial charge in [-0.2, -0.15) is 0 Å². The van der Waals surface area contributed by atoms with Crippen LogP contribution in [0.3, 0.4) is 0 Å². The first-order chi connectivity index (χ1) is 11.0. The summed E-state index contributed by atoms with van der Waals surface area (Å²) in [6.07, 6.45) is 0.311. The number of carbonyl (C=O) groups is 1. The minimum absolute atomic E-state index is 0.000342. The van der Waals surface area contributed by atoms with Crippen LogP contribution in [-0.4, -0.2) is 24.5 Å². The number of aryl methyl sites for hydroxylation is 2. The molecule has 0 radical (unpaired) electrons. The molecule has 0 aromatic heterocycles. The third kappa shape index (κ3) is 5.09. The van der Waals surface area contributed by atoms with Crippen LogP contribution in [0.5, 0.6) is 5.75 Å². The molecule has 0 aliphatic heterocycles. The molecule has 0 spiro atoms. The van der Waals surface area contributed by atoms with Gasteiger partial charge in [0.15, 0.2) is 0 Å². The number of hydrogen-bond donors (Lipinski definition) is 0. The number of hydrogen-bond acceptors (Lipinski definition) is 2. The van der Waals surface area contributed by atoms with E-state index in [1.807, 2.05) is 32.0 Å². The van der Waals surface area contributed by atoms with Crippen LogP contribution < -0.4 is 4.74 Å². The SMILES string of the molecule is Cc1ccc(C)c(OCCC(=O)N(C)Cc2ccc(F)cc2)c1. The van der Waals surface area contributed by atoms with Crippen LogP contribution in [0, 0.1) is 19.7 Å². The molecule has 4 heteroatoms. The molecule has 0 aliphatic rings. The van der Waals surface area contributed by atoms with Crippen molar-refractivity contribution in [1.82, 2.24) is 4.90 Å². The predicted molar refractivity (Wildman–Crippen MR) is 88.9 cm³/mol. The number of amides is 1. The number of halogens is 1. The molecule has 23 heavy (non-hydrogen) atoms. The van der Waals surface area contributed by atoms with Crippen molar-refractivity contribution >= 4 is 5.91 Å². The quantitative estimate of drug-likeness (QED) is 0.810. The molecule has 2 aromatic rings. The molecule has 0 fully saturated rings. The van der Waals surface area contributed by atoms with E-state index in [1.54, 1.807) is 24.1 Å². The Hall–Kier alpha value is -2.36. The lowest BCUT2D eigenvalue weighted by Gasteiger charge is -2.18. The zero-order valence-corrected chi connectivity index (χ0v) is 13.8. The topological polar surface area (TPSA) is 29.5 Å². The van der Waals surface area contributed by atoms with E-state index >= 15 is 0 Å². The molecule has 0 aliphatic carbocycles. The largest absolute Gasteiger partial charge is 0.493 e. The Labute approximate surface area is 136 Å². The van der Waals surface area contributed by atoms with Gasteiger partial charge in [0.1, 0.15) is 11.6 Å². The molecule has 2 aromatic carbocycles. The van der Waals surface area contributed by atoms with Crippen LogP contribution in [0.1, 0.15) is 23.1 Å². The molecule has 2 rings (SSSR count). The maximum absolute atomic E-state index is 12.9. The fourth-order valence-corrected chi connectivity index (χ4v) is 2.25. The van der Waals surface area contributed by atoms with Crippen molar-refractivity contribution in [2.75, 3.05) is 13.7 Å². The summed E-state index contributed by atoms with van der Waals surface area (Å²) in [5.74, 6) is 0.545. The van der Waals surface area contributed by atoms with Gasteiger partial charge in [-0.25, -0.2) is 4.39 Å². The normalized spacial score (nSPS) is 10.4. The summed E-state index contributed by atoms with van der Waals surface area (Å²) >= 11 is 0. The van der Waals surface area contributed by atoms with Crippen molar-refractivity contribution in [1.29, 1.82) is 0 Å². The van der Waals surface area contributed by atoms with Gasteiger partial charge in [0.25, 0.3) is 0 Å². The summed E-state index contributed by atoms with van der Waals surface area (Å²) in [6.45, 7) is 4.80. The maximum atomic E-state index is 12.9. The van der Waals surface area contributed by atoms with Crippen molar-refractivity contribution in [3.8, 4) is 5.75 Å².